The van der Waals surface area contributed by atoms with E-state index in [0.717, 1.165) is 54.0 Å². The van der Waals surface area contributed by atoms with Crippen LogP contribution in [0.2, 0.25) is 0 Å². The molecular weight excluding hydrogens is 448 g/mol. The SMILES string of the molecule is Cc1[nH]c2ccc(OC3CCN(Cc4ccccc4)C3)cc2c1C(=O)OCc1ccccc1.Cl. The summed E-state index contributed by atoms with van der Waals surface area (Å²) in [6, 6.07) is 26.1. The van der Waals surface area contributed by atoms with Crippen LogP contribution in [0.5, 0.6) is 5.75 Å². The van der Waals surface area contributed by atoms with Crippen LogP contribution in [0.25, 0.3) is 10.9 Å². The number of H-pyrrole nitrogens is 1. The minimum atomic E-state index is -0.324. The highest BCUT2D eigenvalue weighted by Gasteiger charge is 2.25. The number of hydrogen-bond acceptors (Lipinski definition) is 4. The number of hydrogen-bond donors (Lipinski definition) is 1. The molecule has 34 heavy (non-hydrogen) atoms. The first-order chi connectivity index (χ1) is 16.2. The minimum absolute atomic E-state index is 0. The Morgan fingerprint density at radius 1 is 1.00 bits per heavy atom. The number of rotatable bonds is 7. The maximum Gasteiger partial charge on any atom is 0.340 e. The Morgan fingerprint density at radius 2 is 1.71 bits per heavy atom. The number of esters is 1. The molecule has 0 amide bonds. The monoisotopic (exact) mass is 476 g/mol. The Labute approximate surface area is 206 Å². The third-order valence-electron chi connectivity index (χ3n) is 6.16. The molecule has 6 heteroatoms. The minimum Gasteiger partial charge on any atom is -0.489 e. The summed E-state index contributed by atoms with van der Waals surface area (Å²) in [6.07, 6.45) is 1.13. The zero-order valence-corrected chi connectivity index (χ0v) is 20.0. The summed E-state index contributed by atoms with van der Waals surface area (Å²) in [5.74, 6) is 0.458. The van der Waals surface area contributed by atoms with Crippen LogP contribution in [-0.2, 0) is 17.9 Å². The number of benzene rings is 3. The fraction of sp³-hybridized carbons (Fsp3) is 0.250. The molecular formula is C28H29ClN2O3. The zero-order chi connectivity index (χ0) is 22.6. The molecule has 2 heterocycles. The number of nitrogens with zero attached hydrogens (tertiary/aromatic N) is 1. The third kappa shape index (κ3) is 5.44. The van der Waals surface area contributed by atoms with Crippen LogP contribution in [0.3, 0.4) is 0 Å². The molecule has 1 aliphatic heterocycles. The fourth-order valence-electron chi connectivity index (χ4n) is 4.51. The molecule has 1 atom stereocenters. The van der Waals surface area contributed by atoms with Gasteiger partial charge in [0.2, 0.25) is 0 Å². The number of halogens is 1. The van der Waals surface area contributed by atoms with E-state index in [1.54, 1.807) is 0 Å². The van der Waals surface area contributed by atoms with Gasteiger partial charge in [-0.1, -0.05) is 60.7 Å². The van der Waals surface area contributed by atoms with Gasteiger partial charge in [-0.3, -0.25) is 4.90 Å². The summed E-state index contributed by atoms with van der Waals surface area (Å²) in [4.78, 5) is 18.6. The van der Waals surface area contributed by atoms with Gasteiger partial charge in [0.1, 0.15) is 18.5 Å². The second-order valence-corrected chi connectivity index (χ2v) is 8.64. The summed E-state index contributed by atoms with van der Waals surface area (Å²) in [5, 5.41) is 0.835. The molecule has 0 spiro atoms. The zero-order valence-electron chi connectivity index (χ0n) is 19.2. The molecule has 1 fully saturated rings. The van der Waals surface area contributed by atoms with Crippen molar-refractivity contribution in [3.8, 4) is 5.75 Å². The van der Waals surface area contributed by atoms with Gasteiger partial charge in [-0.05, 0) is 42.7 Å². The van der Waals surface area contributed by atoms with E-state index in [0.29, 0.717) is 5.56 Å². The number of nitrogens with one attached hydrogen (secondary N) is 1. The first-order valence-corrected chi connectivity index (χ1v) is 11.4. The van der Waals surface area contributed by atoms with Gasteiger partial charge in [0.15, 0.2) is 0 Å². The molecule has 5 rings (SSSR count). The Morgan fingerprint density at radius 3 is 2.44 bits per heavy atom. The largest absolute Gasteiger partial charge is 0.489 e. The van der Waals surface area contributed by atoms with Crippen LogP contribution in [0, 0.1) is 6.92 Å². The molecule has 4 aromatic rings. The van der Waals surface area contributed by atoms with E-state index in [2.05, 4.69) is 34.1 Å². The molecule has 1 N–H and O–H groups in total. The van der Waals surface area contributed by atoms with Crippen molar-refractivity contribution in [1.29, 1.82) is 0 Å². The van der Waals surface area contributed by atoms with Gasteiger partial charge in [-0.2, -0.15) is 0 Å². The van der Waals surface area contributed by atoms with E-state index in [4.69, 9.17) is 9.47 Å². The molecule has 1 aliphatic rings. The van der Waals surface area contributed by atoms with Crippen LogP contribution in [0.1, 0.15) is 33.6 Å². The highest BCUT2D eigenvalue weighted by molar-refractivity contribution is 6.05. The van der Waals surface area contributed by atoms with Crippen LogP contribution >= 0.6 is 12.4 Å². The molecule has 0 aliphatic carbocycles. The van der Waals surface area contributed by atoms with Crippen molar-refractivity contribution in [1.82, 2.24) is 9.88 Å². The van der Waals surface area contributed by atoms with E-state index in [1.807, 2.05) is 61.5 Å². The van der Waals surface area contributed by atoms with Crippen LogP contribution in [0.4, 0.5) is 0 Å². The van der Waals surface area contributed by atoms with Crippen molar-refractivity contribution in [3.05, 3.63) is 101 Å². The molecule has 1 saturated heterocycles. The second-order valence-electron chi connectivity index (χ2n) is 8.64. The number of aromatic nitrogens is 1. The summed E-state index contributed by atoms with van der Waals surface area (Å²) in [6.45, 7) is 5.00. The van der Waals surface area contributed by atoms with Gasteiger partial charge in [0.25, 0.3) is 0 Å². The number of aromatic amines is 1. The maximum atomic E-state index is 12.9. The Kier molecular flexibility index (Phi) is 7.56. The van der Waals surface area contributed by atoms with E-state index in [9.17, 15) is 4.79 Å². The lowest BCUT2D eigenvalue weighted by Crippen LogP contribution is -2.24. The predicted octanol–water partition coefficient (Wildman–Crippen LogP) is 5.91. The Balaban J connectivity index is 0.00000274. The second kappa shape index (κ2) is 10.8. The molecule has 0 saturated carbocycles. The average Bonchev–Trinajstić information content (AvgIpc) is 3.41. The Hall–Kier alpha value is -3.28. The lowest BCUT2D eigenvalue weighted by Gasteiger charge is -2.17. The van der Waals surface area contributed by atoms with Crippen LogP contribution < -0.4 is 4.74 Å². The van der Waals surface area contributed by atoms with Gasteiger partial charge in [-0.15, -0.1) is 12.4 Å². The lowest BCUT2D eigenvalue weighted by atomic mass is 10.1. The van der Waals surface area contributed by atoms with Crippen molar-refractivity contribution in [2.75, 3.05) is 13.1 Å². The van der Waals surface area contributed by atoms with Gasteiger partial charge in [-0.25, -0.2) is 4.79 Å². The van der Waals surface area contributed by atoms with Gasteiger partial charge < -0.3 is 14.5 Å². The summed E-state index contributed by atoms with van der Waals surface area (Å²) < 4.78 is 11.9. The molecule has 1 aromatic heterocycles. The highest BCUT2D eigenvalue weighted by atomic mass is 35.5. The first-order valence-electron chi connectivity index (χ1n) is 11.4. The van der Waals surface area contributed by atoms with E-state index in [-0.39, 0.29) is 31.1 Å². The number of carbonyl (C=O) groups excluding carboxylic acids is 1. The summed E-state index contributed by atoms with van der Waals surface area (Å²) >= 11 is 0. The Bertz CT molecular complexity index is 1240. The van der Waals surface area contributed by atoms with Gasteiger partial charge in [0, 0.05) is 36.2 Å². The molecule has 0 radical (unpaired) electrons. The molecule has 3 aromatic carbocycles. The van der Waals surface area contributed by atoms with Crippen molar-refractivity contribution in [2.45, 2.75) is 32.6 Å². The molecule has 5 nitrogen and oxygen atoms in total. The summed E-state index contributed by atoms with van der Waals surface area (Å²) in [7, 11) is 0. The average molecular weight is 477 g/mol. The smallest absolute Gasteiger partial charge is 0.340 e. The number of ether oxygens (including phenoxy) is 2. The van der Waals surface area contributed by atoms with Crippen molar-refractivity contribution in [3.63, 3.8) is 0 Å². The highest BCUT2D eigenvalue weighted by Crippen LogP contribution is 2.29. The maximum absolute atomic E-state index is 12.9. The molecule has 176 valence electrons. The number of carbonyl (C=O) groups is 1. The van der Waals surface area contributed by atoms with Crippen molar-refractivity contribution < 1.29 is 14.3 Å². The fourth-order valence-corrected chi connectivity index (χ4v) is 4.51. The van der Waals surface area contributed by atoms with Gasteiger partial charge >= 0.3 is 5.97 Å². The number of fused-ring (bicyclic) bond motifs is 1. The van der Waals surface area contributed by atoms with Crippen molar-refractivity contribution >= 4 is 29.3 Å². The standard InChI is InChI=1S/C28H28N2O3.ClH/c1-20-27(28(31)32-19-22-10-6-3-7-11-22)25-16-23(12-13-26(25)29-20)33-24-14-15-30(18-24)17-21-8-4-2-5-9-21;/h2-13,16,24,29H,14-15,17-19H2,1H3;1H. The predicted molar refractivity (Wildman–Crippen MR) is 137 cm³/mol. The first kappa shape index (κ1) is 23.9. The third-order valence-corrected chi connectivity index (χ3v) is 6.16. The quantitative estimate of drug-likeness (QED) is 0.337. The molecule has 0 bridgehead atoms. The van der Waals surface area contributed by atoms with Gasteiger partial charge in [0.05, 0.1) is 5.56 Å². The lowest BCUT2D eigenvalue weighted by molar-refractivity contribution is 0.0474. The topological polar surface area (TPSA) is 54.6 Å². The van der Waals surface area contributed by atoms with Crippen LogP contribution in [0.15, 0.2) is 78.9 Å². The van der Waals surface area contributed by atoms with Crippen molar-refractivity contribution in [2.24, 2.45) is 0 Å². The normalized spacial score (nSPS) is 15.7. The van der Waals surface area contributed by atoms with Crippen LogP contribution in [-0.4, -0.2) is 35.0 Å². The molecule has 1 unspecified atom stereocenters. The summed E-state index contributed by atoms with van der Waals surface area (Å²) in [5.41, 5.74) is 4.57. The number of likely N-dealkylation sites (tertiary alicyclic amines) is 1. The van der Waals surface area contributed by atoms with E-state index in [1.165, 1.54) is 5.56 Å². The number of aryl methyl sites for hydroxylation is 1. The van der Waals surface area contributed by atoms with E-state index < -0.39 is 0 Å². The van der Waals surface area contributed by atoms with E-state index >= 15 is 0 Å².